The number of aliphatic hydroxyl groups excluding tert-OH is 5. The largest absolute Gasteiger partial charge is 0.396 e. The van der Waals surface area contributed by atoms with Gasteiger partial charge in [0.2, 0.25) is 0 Å². The fourth-order valence-electron chi connectivity index (χ4n) is 2.70. The normalized spacial score (nSPS) is 13.3. The Morgan fingerprint density at radius 1 is 0.429 bits per heavy atom. The van der Waals surface area contributed by atoms with Crippen molar-refractivity contribution in [1.82, 2.24) is 0 Å². The second-order valence-electron chi connectivity index (χ2n) is 7.58. The predicted octanol–water partition coefficient (Wildman–Crippen LogP) is -2.12. The maximum atomic E-state index is 9.59. The number of ether oxygens (including phenoxy) is 5. The Bertz CT molecular complexity index is 357. The van der Waals surface area contributed by atoms with Gasteiger partial charge in [-0.1, -0.05) is 0 Å². The van der Waals surface area contributed by atoms with E-state index in [1.807, 2.05) is 0 Å². The molecular formula is C18H38O10. The van der Waals surface area contributed by atoms with Gasteiger partial charge in [0.15, 0.2) is 0 Å². The third kappa shape index (κ3) is 8.54. The Balaban J connectivity index is 5.04. The van der Waals surface area contributed by atoms with Gasteiger partial charge in [0.1, 0.15) is 0 Å². The van der Waals surface area contributed by atoms with Crippen LogP contribution in [0.3, 0.4) is 0 Å². The van der Waals surface area contributed by atoms with Crippen LogP contribution < -0.4 is 0 Å². The number of methoxy groups -OCH3 is 3. The Morgan fingerprint density at radius 3 is 1.04 bits per heavy atom. The molecule has 10 heteroatoms. The first-order chi connectivity index (χ1) is 13.4. The molecule has 0 fully saturated rings. The lowest BCUT2D eigenvalue weighted by molar-refractivity contribution is -0.136. The molecule has 0 aromatic carbocycles. The van der Waals surface area contributed by atoms with E-state index in [1.54, 1.807) is 0 Å². The Labute approximate surface area is 166 Å². The molecule has 0 unspecified atom stereocenters. The molecule has 0 heterocycles. The third-order valence-electron chi connectivity index (χ3n) is 4.66. The Hall–Kier alpha value is -0.400. The van der Waals surface area contributed by atoms with Gasteiger partial charge in [0, 0.05) is 21.3 Å². The van der Waals surface area contributed by atoms with Crippen molar-refractivity contribution in [3.8, 4) is 0 Å². The molecule has 0 radical (unpaired) electrons. The van der Waals surface area contributed by atoms with Crippen molar-refractivity contribution >= 4 is 0 Å². The van der Waals surface area contributed by atoms with Gasteiger partial charge in [-0.2, -0.15) is 0 Å². The lowest BCUT2D eigenvalue weighted by Crippen LogP contribution is -2.46. The fourth-order valence-corrected chi connectivity index (χ4v) is 2.70. The maximum absolute atomic E-state index is 9.59. The zero-order valence-corrected chi connectivity index (χ0v) is 17.3. The monoisotopic (exact) mass is 414 g/mol. The van der Waals surface area contributed by atoms with Gasteiger partial charge in [-0.3, -0.25) is 0 Å². The Kier molecular flexibility index (Phi) is 14.4. The summed E-state index contributed by atoms with van der Waals surface area (Å²) in [7, 11) is 4.53. The molecule has 0 aliphatic heterocycles. The van der Waals surface area contributed by atoms with Crippen molar-refractivity contribution in [2.24, 2.45) is 16.2 Å². The van der Waals surface area contributed by atoms with Crippen molar-refractivity contribution in [3.63, 3.8) is 0 Å². The van der Waals surface area contributed by atoms with E-state index in [4.69, 9.17) is 23.7 Å². The number of aliphatic hydroxyl groups is 5. The van der Waals surface area contributed by atoms with Gasteiger partial charge in [-0.05, 0) is 0 Å². The first-order valence-corrected chi connectivity index (χ1v) is 9.07. The minimum atomic E-state index is -1.14. The summed E-state index contributed by atoms with van der Waals surface area (Å²) in [5.41, 5.74) is -2.78. The average Bonchev–Trinajstić information content (AvgIpc) is 2.71. The topological polar surface area (TPSA) is 147 Å². The van der Waals surface area contributed by atoms with E-state index in [1.165, 1.54) is 21.3 Å². The van der Waals surface area contributed by atoms with E-state index in [-0.39, 0.29) is 59.5 Å². The Morgan fingerprint density at radius 2 is 0.714 bits per heavy atom. The van der Waals surface area contributed by atoms with Crippen LogP contribution in [0.15, 0.2) is 0 Å². The van der Waals surface area contributed by atoms with Crippen LogP contribution in [0.1, 0.15) is 0 Å². The summed E-state index contributed by atoms with van der Waals surface area (Å²) in [6.45, 7) is -1.03. The van der Waals surface area contributed by atoms with Gasteiger partial charge in [-0.15, -0.1) is 0 Å². The van der Waals surface area contributed by atoms with Gasteiger partial charge >= 0.3 is 0 Å². The van der Waals surface area contributed by atoms with Crippen molar-refractivity contribution in [2.75, 3.05) is 101 Å². The summed E-state index contributed by atoms with van der Waals surface area (Å²) >= 11 is 0. The highest BCUT2D eigenvalue weighted by molar-refractivity contribution is 4.83. The smallest absolute Gasteiger partial charge is 0.0637 e. The molecule has 0 amide bonds. The molecule has 10 nitrogen and oxygen atoms in total. The standard InChI is InChI=1S/C18H38O10/c1-24-9-17(7-22,8-23)13-28-15-18(10-25-2,11-26-3)14-27-12-16(4-19,5-20)6-21/h19-23H,4-15H2,1-3H3. The van der Waals surface area contributed by atoms with Gasteiger partial charge in [0.05, 0.1) is 95.5 Å². The van der Waals surface area contributed by atoms with Crippen molar-refractivity contribution in [3.05, 3.63) is 0 Å². The van der Waals surface area contributed by atoms with E-state index >= 15 is 0 Å². The summed E-state index contributed by atoms with van der Waals surface area (Å²) in [5.74, 6) is 0. The molecule has 0 saturated heterocycles. The van der Waals surface area contributed by atoms with E-state index < -0.39 is 36.1 Å². The summed E-state index contributed by atoms with van der Waals surface area (Å²) < 4.78 is 27.1. The average molecular weight is 414 g/mol. The minimum absolute atomic E-state index is 0.0525. The lowest BCUT2D eigenvalue weighted by Gasteiger charge is -2.36. The number of rotatable bonds is 19. The highest BCUT2D eigenvalue weighted by Gasteiger charge is 2.36. The van der Waals surface area contributed by atoms with Crippen LogP contribution in [0.25, 0.3) is 0 Å². The van der Waals surface area contributed by atoms with Gasteiger partial charge in [0.25, 0.3) is 0 Å². The van der Waals surface area contributed by atoms with Crippen LogP contribution in [0.4, 0.5) is 0 Å². The zero-order valence-electron chi connectivity index (χ0n) is 17.3. The highest BCUT2D eigenvalue weighted by Crippen LogP contribution is 2.25. The molecule has 0 atom stereocenters. The first kappa shape index (κ1) is 27.6. The second kappa shape index (κ2) is 14.6. The SMILES string of the molecule is COCC(CO)(CO)COCC(COC)(COC)COCC(CO)(CO)CO. The summed E-state index contributed by atoms with van der Waals surface area (Å²) in [6, 6.07) is 0. The molecular weight excluding hydrogens is 376 g/mol. The molecule has 0 rings (SSSR count). The minimum Gasteiger partial charge on any atom is -0.396 e. The van der Waals surface area contributed by atoms with E-state index in [9.17, 15) is 25.5 Å². The molecule has 28 heavy (non-hydrogen) atoms. The van der Waals surface area contributed by atoms with Crippen LogP contribution in [0.5, 0.6) is 0 Å². The number of hydrogen-bond donors (Lipinski definition) is 5. The molecule has 0 aromatic rings. The van der Waals surface area contributed by atoms with Gasteiger partial charge in [-0.25, -0.2) is 0 Å². The second-order valence-corrected chi connectivity index (χ2v) is 7.58. The molecule has 0 bridgehead atoms. The molecule has 5 N–H and O–H groups in total. The van der Waals surface area contributed by atoms with E-state index in [0.29, 0.717) is 0 Å². The lowest BCUT2D eigenvalue weighted by atomic mass is 9.90. The van der Waals surface area contributed by atoms with Crippen molar-refractivity contribution in [1.29, 1.82) is 0 Å². The van der Waals surface area contributed by atoms with Crippen molar-refractivity contribution in [2.45, 2.75) is 0 Å². The zero-order chi connectivity index (χ0) is 21.5. The van der Waals surface area contributed by atoms with Crippen LogP contribution in [-0.2, 0) is 23.7 Å². The fraction of sp³-hybridized carbons (Fsp3) is 1.00. The molecule has 0 saturated carbocycles. The molecule has 0 aliphatic carbocycles. The van der Waals surface area contributed by atoms with Crippen molar-refractivity contribution < 1.29 is 49.2 Å². The van der Waals surface area contributed by atoms with Crippen LogP contribution in [0, 0.1) is 16.2 Å². The maximum Gasteiger partial charge on any atom is 0.0637 e. The van der Waals surface area contributed by atoms with E-state index in [0.717, 1.165) is 0 Å². The highest BCUT2D eigenvalue weighted by atomic mass is 16.5. The molecule has 170 valence electrons. The summed E-state index contributed by atoms with van der Waals surface area (Å²) in [6.07, 6.45) is 0. The number of hydrogen-bond acceptors (Lipinski definition) is 10. The predicted molar refractivity (Wildman–Crippen MR) is 100.0 cm³/mol. The van der Waals surface area contributed by atoms with Gasteiger partial charge < -0.3 is 49.2 Å². The summed E-state index contributed by atoms with van der Waals surface area (Å²) in [4.78, 5) is 0. The first-order valence-electron chi connectivity index (χ1n) is 9.07. The molecule has 0 spiro atoms. The molecule has 0 aromatic heterocycles. The third-order valence-corrected chi connectivity index (χ3v) is 4.66. The molecule has 0 aliphatic rings. The van der Waals surface area contributed by atoms with Crippen LogP contribution in [0.2, 0.25) is 0 Å². The van der Waals surface area contributed by atoms with Crippen LogP contribution >= 0.6 is 0 Å². The quantitative estimate of drug-likeness (QED) is 0.159. The summed E-state index contributed by atoms with van der Waals surface area (Å²) in [5, 5.41) is 47.4. The van der Waals surface area contributed by atoms with Crippen LogP contribution in [-0.4, -0.2) is 126 Å². The van der Waals surface area contributed by atoms with E-state index in [2.05, 4.69) is 0 Å².